The van der Waals surface area contributed by atoms with Crippen LogP contribution in [0, 0.1) is 15.0 Å². The third-order valence-corrected chi connectivity index (χ3v) is 6.51. The summed E-state index contributed by atoms with van der Waals surface area (Å²) in [6, 6.07) is 12.2. The van der Waals surface area contributed by atoms with Gasteiger partial charge in [-0.05, 0) is 58.3 Å². The Morgan fingerprint density at radius 3 is 2.62 bits per heavy atom. The van der Waals surface area contributed by atoms with Crippen LogP contribution in [0.1, 0.15) is 23.0 Å². The number of thioether (sulfide) groups is 1. The fourth-order valence-electron chi connectivity index (χ4n) is 2.68. The van der Waals surface area contributed by atoms with Crippen LogP contribution in [0.25, 0.3) is 21.6 Å². The molecule has 0 saturated carbocycles. The molecule has 1 aromatic carbocycles. The molecule has 26 heavy (non-hydrogen) atoms. The lowest BCUT2D eigenvalue weighted by Gasteiger charge is -2.07. The molecule has 0 aliphatic rings. The van der Waals surface area contributed by atoms with Crippen molar-refractivity contribution in [1.29, 1.82) is 5.26 Å². The van der Waals surface area contributed by atoms with Crippen molar-refractivity contribution >= 4 is 51.7 Å². The molecule has 0 saturated heterocycles. The van der Waals surface area contributed by atoms with Crippen LogP contribution in [-0.4, -0.2) is 23.8 Å². The van der Waals surface area contributed by atoms with Crippen molar-refractivity contribution in [2.24, 2.45) is 0 Å². The van der Waals surface area contributed by atoms with Crippen LogP contribution in [0.2, 0.25) is 0 Å². The smallest absolute Gasteiger partial charge is 0.355 e. The van der Waals surface area contributed by atoms with Crippen molar-refractivity contribution in [2.75, 3.05) is 12.9 Å². The molecule has 0 atom stereocenters. The second-order valence-electron chi connectivity index (χ2n) is 5.29. The van der Waals surface area contributed by atoms with Gasteiger partial charge in [0.25, 0.3) is 0 Å². The number of H-pyrrole nitrogens is 1. The number of ether oxygens (including phenoxy) is 1. The lowest BCUT2D eigenvalue weighted by atomic mass is 10.00. The third kappa shape index (κ3) is 3.54. The molecule has 2 heterocycles. The first-order valence-electron chi connectivity index (χ1n) is 7.81. The molecule has 0 fully saturated rings. The first-order chi connectivity index (χ1) is 12.6. The molecule has 3 rings (SSSR count). The van der Waals surface area contributed by atoms with E-state index in [-0.39, 0.29) is 6.61 Å². The van der Waals surface area contributed by atoms with E-state index in [1.165, 1.54) is 9.77 Å². The van der Waals surface area contributed by atoms with Crippen LogP contribution in [0.4, 0.5) is 0 Å². The first kappa shape index (κ1) is 19.0. The average molecular weight is 494 g/mol. The number of nitrogens with one attached hydrogen (secondary N) is 1. The number of carbonyl (C=O) groups excluding carboxylic acids is 1. The fourth-order valence-corrected chi connectivity index (χ4v) is 5.12. The Balaban J connectivity index is 2.07. The van der Waals surface area contributed by atoms with Crippen molar-refractivity contribution in [1.82, 2.24) is 4.98 Å². The van der Waals surface area contributed by atoms with Gasteiger partial charge in [-0.25, -0.2) is 4.79 Å². The summed E-state index contributed by atoms with van der Waals surface area (Å²) in [5, 5.41) is 11.6. The van der Waals surface area contributed by atoms with Crippen LogP contribution in [0.15, 0.2) is 40.6 Å². The van der Waals surface area contributed by atoms with Gasteiger partial charge in [0.15, 0.2) is 0 Å². The molecular formula is C19H15IN2O2S2. The summed E-state index contributed by atoms with van der Waals surface area (Å²) < 4.78 is 5.77. The zero-order valence-electron chi connectivity index (χ0n) is 14.1. The monoisotopic (exact) mass is 494 g/mol. The highest BCUT2D eigenvalue weighted by Crippen LogP contribution is 2.37. The number of nitrogens with zero attached hydrogens (tertiary/aromatic N) is 1. The molecule has 0 spiro atoms. The van der Waals surface area contributed by atoms with Gasteiger partial charge in [0, 0.05) is 15.3 Å². The zero-order chi connectivity index (χ0) is 18.7. The maximum Gasteiger partial charge on any atom is 0.355 e. The number of nitriles is 1. The lowest BCUT2D eigenvalue weighted by molar-refractivity contribution is 0.0521. The van der Waals surface area contributed by atoms with E-state index in [9.17, 15) is 10.1 Å². The van der Waals surface area contributed by atoms with Crippen LogP contribution in [0.3, 0.4) is 0 Å². The van der Waals surface area contributed by atoms with Gasteiger partial charge in [0.1, 0.15) is 11.8 Å². The summed E-state index contributed by atoms with van der Waals surface area (Å²) in [6.07, 6.45) is 2.06. The highest BCUT2D eigenvalue weighted by Gasteiger charge is 2.23. The first-order valence-corrected chi connectivity index (χ1v) is 11.0. The van der Waals surface area contributed by atoms with Crippen LogP contribution in [-0.2, 0) is 4.74 Å². The van der Waals surface area contributed by atoms with Crippen molar-refractivity contribution in [2.45, 2.75) is 11.8 Å². The Hall–Kier alpha value is -1.76. The normalized spacial score (nSPS) is 10.5. The molecule has 4 nitrogen and oxygen atoms in total. The number of thiophene rings is 1. The highest BCUT2D eigenvalue weighted by molar-refractivity contribution is 14.1. The molecule has 2 aromatic heterocycles. The average Bonchev–Trinajstić information content (AvgIpc) is 3.25. The molecule has 0 aliphatic heterocycles. The predicted octanol–water partition coefficient (Wildman–Crippen LogP) is 5.79. The quantitative estimate of drug-likeness (QED) is 0.277. The van der Waals surface area contributed by atoms with Crippen LogP contribution >= 0.6 is 45.7 Å². The number of halogens is 1. The molecule has 0 aliphatic carbocycles. The Morgan fingerprint density at radius 2 is 2.00 bits per heavy atom. The molecule has 3 aromatic rings. The predicted molar refractivity (Wildman–Crippen MR) is 115 cm³/mol. The second kappa shape index (κ2) is 8.29. The molecule has 0 unspecified atom stereocenters. The van der Waals surface area contributed by atoms with E-state index in [1.807, 2.05) is 46.9 Å². The van der Waals surface area contributed by atoms with Gasteiger partial charge in [0.2, 0.25) is 0 Å². The number of hydrogen-bond acceptors (Lipinski definition) is 5. The third-order valence-electron chi connectivity index (χ3n) is 3.83. The molecule has 0 bridgehead atoms. The molecule has 0 radical (unpaired) electrons. The van der Waals surface area contributed by atoms with E-state index in [4.69, 9.17) is 4.74 Å². The SMILES string of the molecule is CCOC(=O)c1[nH]c(I)c(C#N)c1-c1ccc(-c2sccc2SC)cc1. The van der Waals surface area contributed by atoms with Crippen molar-refractivity contribution in [3.05, 3.63) is 50.7 Å². The van der Waals surface area contributed by atoms with Gasteiger partial charge in [-0.1, -0.05) is 24.3 Å². The van der Waals surface area contributed by atoms with E-state index >= 15 is 0 Å². The van der Waals surface area contributed by atoms with Crippen LogP contribution < -0.4 is 0 Å². The molecule has 132 valence electrons. The zero-order valence-corrected chi connectivity index (χ0v) is 17.9. The number of aromatic amines is 1. The number of carbonyl (C=O) groups is 1. The summed E-state index contributed by atoms with van der Waals surface area (Å²) in [4.78, 5) is 17.7. The van der Waals surface area contributed by atoms with Crippen molar-refractivity contribution < 1.29 is 9.53 Å². The minimum atomic E-state index is -0.450. The number of hydrogen-bond donors (Lipinski definition) is 1. The van der Waals surface area contributed by atoms with Crippen molar-refractivity contribution in [3.8, 4) is 27.6 Å². The van der Waals surface area contributed by atoms with Gasteiger partial charge in [-0.2, -0.15) is 5.26 Å². The molecule has 7 heteroatoms. The minimum absolute atomic E-state index is 0.282. The summed E-state index contributed by atoms with van der Waals surface area (Å²) in [6.45, 7) is 2.04. The maximum absolute atomic E-state index is 12.3. The number of aromatic nitrogens is 1. The van der Waals surface area contributed by atoms with Gasteiger partial charge >= 0.3 is 5.97 Å². The van der Waals surface area contributed by atoms with Crippen LogP contribution in [0.5, 0.6) is 0 Å². The van der Waals surface area contributed by atoms with Gasteiger partial charge in [0.05, 0.1) is 15.9 Å². The Bertz CT molecular complexity index is 984. The highest BCUT2D eigenvalue weighted by atomic mass is 127. The summed E-state index contributed by atoms with van der Waals surface area (Å²) in [7, 11) is 0. The van der Waals surface area contributed by atoms with E-state index < -0.39 is 5.97 Å². The van der Waals surface area contributed by atoms with E-state index in [0.29, 0.717) is 20.5 Å². The maximum atomic E-state index is 12.3. The van der Waals surface area contributed by atoms with Gasteiger partial charge in [-0.15, -0.1) is 23.1 Å². The Labute approximate surface area is 173 Å². The van der Waals surface area contributed by atoms with E-state index in [0.717, 1.165) is 11.1 Å². The standard InChI is InChI=1S/C19H15IN2O2S2/c1-3-24-19(23)16-15(13(10-21)18(20)22-16)11-4-6-12(7-5-11)17-14(25-2)8-9-26-17/h4-9,22H,3H2,1-2H3. The molecule has 0 amide bonds. The second-order valence-corrected chi connectivity index (χ2v) is 8.13. The minimum Gasteiger partial charge on any atom is -0.461 e. The fraction of sp³-hybridized carbons (Fsp3) is 0.158. The summed E-state index contributed by atoms with van der Waals surface area (Å²) >= 11 is 5.45. The number of esters is 1. The lowest BCUT2D eigenvalue weighted by Crippen LogP contribution is -2.06. The molecule has 1 N–H and O–H groups in total. The largest absolute Gasteiger partial charge is 0.461 e. The summed E-state index contributed by atoms with van der Waals surface area (Å²) in [5.41, 5.74) is 3.31. The molecular weight excluding hydrogens is 479 g/mol. The van der Waals surface area contributed by atoms with E-state index in [2.05, 4.69) is 28.8 Å². The van der Waals surface area contributed by atoms with E-state index in [1.54, 1.807) is 30.0 Å². The number of rotatable bonds is 5. The topological polar surface area (TPSA) is 65.9 Å². The van der Waals surface area contributed by atoms with Crippen molar-refractivity contribution in [3.63, 3.8) is 0 Å². The van der Waals surface area contributed by atoms with Gasteiger partial charge < -0.3 is 9.72 Å². The summed E-state index contributed by atoms with van der Waals surface area (Å²) in [5.74, 6) is -0.450. The Kier molecular flexibility index (Phi) is 6.06. The number of benzene rings is 1. The van der Waals surface area contributed by atoms with Gasteiger partial charge in [-0.3, -0.25) is 0 Å². The Morgan fingerprint density at radius 1 is 1.31 bits per heavy atom.